The first-order chi connectivity index (χ1) is 11.7. The third kappa shape index (κ3) is 3.35. The Balaban J connectivity index is 0.000000526. The molecule has 3 unspecified atom stereocenters. The van der Waals surface area contributed by atoms with Gasteiger partial charge in [-0.1, -0.05) is 19.8 Å². The summed E-state index contributed by atoms with van der Waals surface area (Å²) in [6.45, 7) is 3.43. The Kier molecular flexibility index (Phi) is 5.56. The Morgan fingerprint density at radius 3 is 2.62 bits per heavy atom. The first-order valence-electron chi connectivity index (χ1n) is 9.27. The predicted octanol–water partition coefficient (Wildman–Crippen LogP) is 1.86. The molecular formula is C18H30N4O2. The van der Waals surface area contributed by atoms with Crippen LogP contribution in [0.5, 0.6) is 0 Å². The number of likely N-dealkylation sites (N-methyl/N-ethyl adjacent to an activating group) is 1. The number of nitrogens with two attached hydrogens (primary N) is 1. The van der Waals surface area contributed by atoms with Crippen molar-refractivity contribution < 1.29 is 9.21 Å². The molecule has 3 aliphatic rings. The Morgan fingerprint density at radius 1 is 1.33 bits per heavy atom. The zero-order valence-electron chi connectivity index (χ0n) is 14.8. The van der Waals surface area contributed by atoms with Crippen molar-refractivity contribution in [2.75, 3.05) is 20.1 Å². The standard InChI is InChI=1S/C16H23N3O2.C2H7N/c1-17-14-15-13(18-9-21-15)4-5-19(16(14)20)12-7-10-2-3-11(6-10)8-12;1-2-3/h9-12,14,17H,2-8H2,1H3;2-3H2,1H3. The highest BCUT2D eigenvalue weighted by atomic mass is 16.3. The second kappa shape index (κ2) is 7.66. The molecule has 6 heteroatoms. The van der Waals surface area contributed by atoms with Gasteiger partial charge >= 0.3 is 0 Å². The molecule has 2 heterocycles. The van der Waals surface area contributed by atoms with E-state index in [0.717, 1.165) is 37.0 Å². The summed E-state index contributed by atoms with van der Waals surface area (Å²) in [7, 11) is 1.82. The van der Waals surface area contributed by atoms with Crippen LogP contribution in [0.2, 0.25) is 0 Å². The molecule has 2 fully saturated rings. The van der Waals surface area contributed by atoms with E-state index in [1.807, 2.05) is 14.0 Å². The molecule has 4 rings (SSSR count). The van der Waals surface area contributed by atoms with E-state index < -0.39 is 0 Å². The summed E-state index contributed by atoms with van der Waals surface area (Å²) in [5.74, 6) is 2.56. The lowest BCUT2D eigenvalue weighted by Gasteiger charge is -2.37. The number of aromatic nitrogens is 1. The van der Waals surface area contributed by atoms with Gasteiger partial charge in [-0.05, 0) is 44.7 Å². The van der Waals surface area contributed by atoms with Gasteiger partial charge < -0.3 is 20.4 Å². The zero-order chi connectivity index (χ0) is 17.1. The lowest BCUT2D eigenvalue weighted by Crippen LogP contribution is -2.47. The van der Waals surface area contributed by atoms with Crippen molar-refractivity contribution in [3.8, 4) is 0 Å². The summed E-state index contributed by atoms with van der Waals surface area (Å²) < 4.78 is 5.48. The minimum Gasteiger partial charge on any atom is -0.446 e. The van der Waals surface area contributed by atoms with E-state index in [4.69, 9.17) is 10.2 Å². The fourth-order valence-corrected chi connectivity index (χ4v) is 4.66. The lowest BCUT2D eigenvalue weighted by atomic mass is 9.84. The largest absolute Gasteiger partial charge is 0.446 e. The minimum absolute atomic E-state index is 0.166. The van der Waals surface area contributed by atoms with Gasteiger partial charge in [0.25, 0.3) is 0 Å². The summed E-state index contributed by atoms with van der Waals surface area (Å²) >= 11 is 0. The van der Waals surface area contributed by atoms with Gasteiger partial charge in [-0.2, -0.15) is 0 Å². The Labute approximate surface area is 144 Å². The van der Waals surface area contributed by atoms with Gasteiger partial charge in [-0.25, -0.2) is 4.98 Å². The molecule has 134 valence electrons. The molecule has 0 saturated heterocycles. The minimum atomic E-state index is -0.371. The molecule has 3 atom stereocenters. The quantitative estimate of drug-likeness (QED) is 0.862. The Hall–Kier alpha value is -1.40. The Morgan fingerprint density at radius 2 is 2.00 bits per heavy atom. The van der Waals surface area contributed by atoms with Gasteiger partial charge in [0.15, 0.2) is 12.2 Å². The van der Waals surface area contributed by atoms with Gasteiger partial charge in [0.05, 0.1) is 5.69 Å². The highest BCUT2D eigenvalue weighted by Crippen LogP contribution is 2.44. The van der Waals surface area contributed by atoms with Crippen molar-refractivity contribution in [2.45, 2.75) is 57.5 Å². The molecule has 0 spiro atoms. The molecular weight excluding hydrogens is 304 g/mol. The van der Waals surface area contributed by atoms with Crippen LogP contribution in [0.25, 0.3) is 0 Å². The molecule has 0 radical (unpaired) electrons. The van der Waals surface area contributed by atoms with Crippen LogP contribution in [0.15, 0.2) is 10.8 Å². The fraction of sp³-hybridized carbons (Fsp3) is 0.778. The number of amides is 1. The number of carbonyl (C=O) groups excluding carboxylic acids is 1. The first kappa shape index (κ1) is 17.4. The SMILES string of the molecule is CCN.CNC1C(=O)N(C2CC3CCC(C3)C2)CCc2ncoc21. The smallest absolute Gasteiger partial charge is 0.247 e. The topological polar surface area (TPSA) is 84.4 Å². The molecule has 2 saturated carbocycles. The van der Waals surface area contributed by atoms with Crippen molar-refractivity contribution in [3.63, 3.8) is 0 Å². The second-order valence-corrected chi connectivity index (χ2v) is 7.25. The van der Waals surface area contributed by atoms with E-state index in [-0.39, 0.29) is 11.9 Å². The van der Waals surface area contributed by atoms with Gasteiger partial charge in [-0.3, -0.25) is 4.79 Å². The molecule has 24 heavy (non-hydrogen) atoms. The number of fused-ring (bicyclic) bond motifs is 3. The number of hydrogen-bond acceptors (Lipinski definition) is 5. The molecule has 2 bridgehead atoms. The summed E-state index contributed by atoms with van der Waals surface area (Å²) in [6.07, 6.45) is 8.75. The van der Waals surface area contributed by atoms with E-state index in [0.29, 0.717) is 11.8 Å². The molecule has 1 amide bonds. The molecule has 6 nitrogen and oxygen atoms in total. The molecule has 3 N–H and O–H groups in total. The van der Waals surface area contributed by atoms with Crippen LogP contribution in [0.1, 0.15) is 56.5 Å². The van der Waals surface area contributed by atoms with Crippen LogP contribution in [0.4, 0.5) is 0 Å². The van der Waals surface area contributed by atoms with Crippen molar-refractivity contribution in [2.24, 2.45) is 17.6 Å². The average Bonchev–Trinajstić information content (AvgIpc) is 3.13. The van der Waals surface area contributed by atoms with Crippen molar-refractivity contribution >= 4 is 5.91 Å². The molecule has 2 aliphatic carbocycles. The highest BCUT2D eigenvalue weighted by molar-refractivity contribution is 5.83. The monoisotopic (exact) mass is 334 g/mol. The van der Waals surface area contributed by atoms with Gasteiger partial charge in [-0.15, -0.1) is 0 Å². The van der Waals surface area contributed by atoms with E-state index in [1.54, 1.807) is 0 Å². The van der Waals surface area contributed by atoms with Crippen molar-refractivity contribution in [1.82, 2.24) is 15.2 Å². The number of nitrogens with zero attached hydrogens (tertiary/aromatic N) is 2. The number of hydrogen-bond donors (Lipinski definition) is 2. The summed E-state index contributed by atoms with van der Waals surface area (Å²) in [6, 6.07) is 0.0492. The maximum Gasteiger partial charge on any atom is 0.247 e. The lowest BCUT2D eigenvalue weighted by molar-refractivity contribution is -0.137. The van der Waals surface area contributed by atoms with Crippen LogP contribution in [0.3, 0.4) is 0 Å². The number of nitrogens with one attached hydrogen (secondary N) is 1. The normalized spacial score (nSPS) is 32.0. The van der Waals surface area contributed by atoms with Crippen LogP contribution in [0, 0.1) is 11.8 Å². The fourth-order valence-electron chi connectivity index (χ4n) is 4.66. The highest BCUT2D eigenvalue weighted by Gasteiger charge is 2.41. The van der Waals surface area contributed by atoms with E-state index in [1.165, 1.54) is 38.5 Å². The van der Waals surface area contributed by atoms with Crippen molar-refractivity contribution in [3.05, 3.63) is 17.8 Å². The van der Waals surface area contributed by atoms with E-state index in [9.17, 15) is 4.79 Å². The van der Waals surface area contributed by atoms with E-state index in [2.05, 4.69) is 15.2 Å². The first-order valence-corrected chi connectivity index (χ1v) is 9.27. The van der Waals surface area contributed by atoms with Crippen LogP contribution in [-0.2, 0) is 11.2 Å². The summed E-state index contributed by atoms with van der Waals surface area (Å²) in [4.78, 5) is 19.3. The third-order valence-corrected chi connectivity index (χ3v) is 5.64. The van der Waals surface area contributed by atoms with E-state index >= 15 is 0 Å². The van der Waals surface area contributed by atoms with Crippen molar-refractivity contribution in [1.29, 1.82) is 0 Å². The molecule has 0 aromatic carbocycles. The summed E-state index contributed by atoms with van der Waals surface area (Å²) in [5.41, 5.74) is 5.78. The number of carbonyl (C=O) groups is 1. The van der Waals surface area contributed by atoms with Gasteiger partial charge in [0, 0.05) is 19.0 Å². The number of oxazole rings is 1. The Bertz CT molecular complexity index is 547. The maximum absolute atomic E-state index is 12.9. The predicted molar refractivity (Wildman–Crippen MR) is 92.3 cm³/mol. The van der Waals surface area contributed by atoms with Gasteiger partial charge in [0.1, 0.15) is 6.04 Å². The van der Waals surface area contributed by atoms with Crippen LogP contribution in [-0.4, -0.2) is 42.0 Å². The molecule has 1 aliphatic heterocycles. The second-order valence-electron chi connectivity index (χ2n) is 7.25. The van der Waals surface area contributed by atoms with Crippen LogP contribution >= 0.6 is 0 Å². The maximum atomic E-state index is 12.9. The average molecular weight is 334 g/mol. The molecule has 1 aromatic heterocycles. The number of rotatable bonds is 2. The molecule has 1 aromatic rings. The van der Waals surface area contributed by atoms with Crippen LogP contribution < -0.4 is 11.1 Å². The third-order valence-electron chi connectivity index (χ3n) is 5.64. The van der Waals surface area contributed by atoms with Gasteiger partial charge in [0.2, 0.25) is 5.91 Å². The zero-order valence-corrected chi connectivity index (χ0v) is 14.8. The summed E-state index contributed by atoms with van der Waals surface area (Å²) in [5, 5.41) is 3.12.